The van der Waals surface area contributed by atoms with Gasteiger partial charge < -0.3 is 14.6 Å². The maximum Gasteiger partial charge on any atom is 0.104 e. The summed E-state index contributed by atoms with van der Waals surface area (Å²) < 4.78 is 11.1. The molecule has 1 rings (SSSR count). The third kappa shape index (κ3) is 7.63. The fourth-order valence-corrected chi connectivity index (χ4v) is 1.42. The first-order valence-electron chi connectivity index (χ1n) is 6.41. The number of aliphatic hydroxyl groups excluding tert-OH is 1. The quantitative estimate of drug-likeness (QED) is 0.654. The van der Waals surface area contributed by atoms with E-state index in [9.17, 15) is 0 Å². The van der Waals surface area contributed by atoms with Gasteiger partial charge in [0.05, 0.1) is 25.4 Å². The van der Waals surface area contributed by atoms with Gasteiger partial charge in [0, 0.05) is 5.56 Å². The van der Waals surface area contributed by atoms with E-state index in [0.29, 0.717) is 19.8 Å². The van der Waals surface area contributed by atoms with Gasteiger partial charge in [-0.25, -0.2) is 0 Å². The molecular formula is C16H22O3. The third-order valence-electron chi connectivity index (χ3n) is 2.30. The van der Waals surface area contributed by atoms with E-state index in [2.05, 4.69) is 11.8 Å². The highest BCUT2D eigenvalue weighted by Gasteiger charge is 2.08. The van der Waals surface area contributed by atoms with Gasteiger partial charge in [-0.05, 0) is 38.5 Å². The van der Waals surface area contributed by atoms with Crippen LogP contribution in [0, 0.1) is 11.8 Å². The Kier molecular flexibility index (Phi) is 6.58. The van der Waals surface area contributed by atoms with Crippen LogP contribution in [0.1, 0.15) is 31.9 Å². The lowest BCUT2D eigenvalue weighted by molar-refractivity contribution is -0.0376. The molecule has 1 aromatic carbocycles. The second-order valence-electron chi connectivity index (χ2n) is 5.17. The fraction of sp³-hybridized carbons (Fsp3) is 0.500. The minimum absolute atomic E-state index is 0.112. The van der Waals surface area contributed by atoms with Crippen molar-refractivity contribution in [3.05, 3.63) is 35.4 Å². The number of rotatable bonds is 5. The molecule has 0 aliphatic carbocycles. The summed E-state index contributed by atoms with van der Waals surface area (Å²) in [6, 6.07) is 7.80. The van der Waals surface area contributed by atoms with E-state index >= 15 is 0 Å². The van der Waals surface area contributed by atoms with Crippen molar-refractivity contribution in [3.8, 4) is 11.8 Å². The molecule has 3 nitrogen and oxygen atoms in total. The average molecular weight is 262 g/mol. The van der Waals surface area contributed by atoms with Crippen molar-refractivity contribution in [1.82, 2.24) is 0 Å². The van der Waals surface area contributed by atoms with Gasteiger partial charge in [-0.3, -0.25) is 0 Å². The van der Waals surface area contributed by atoms with Crippen LogP contribution >= 0.6 is 0 Å². The highest BCUT2D eigenvalue weighted by molar-refractivity contribution is 5.35. The summed E-state index contributed by atoms with van der Waals surface area (Å²) in [5.74, 6) is 5.47. The predicted octanol–water partition coefficient (Wildman–Crippen LogP) is 2.36. The Morgan fingerprint density at radius 2 is 1.79 bits per heavy atom. The summed E-state index contributed by atoms with van der Waals surface area (Å²) in [5.41, 5.74) is 1.88. The van der Waals surface area contributed by atoms with Gasteiger partial charge >= 0.3 is 0 Å². The zero-order valence-electron chi connectivity index (χ0n) is 11.9. The molecule has 0 heterocycles. The van der Waals surface area contributed by atoms with Crippen LogP contribution in [0.3, 0.4) is 0 Å². The van der Waals surface area contributed by atoms with Gasteiger partial charge in [-0.15, -0.1) is 0 Å². The minimum Gasteiger partial charge on any atom is -0.384 e. The maximum absolute atomic E-state index is 8.60. The smallest absolute Gasteiger partial charge is 0.104 e. The fourth-order valence-electron chi connectivity index (χ4n) is 1.42. The van der Waals surface area contributed by atoms with E-state index in [-0.39, 0.29) is 12.2 Å². The van der Waals surface area contributed by atoms with Crippen LogP contribution in [0.15, 0.2) is 24.3 Å². The van der Waals surface area contributed by atoms with Crippen LogP contribution < -0.4 is 0 Å². The Balaban J connectivity index is 2.27. The first-order chi connectivity index (χ1) is 9.01. The molecule has 0 saturated heterocycles. The van der Waals surface area contributed by atoms with E-state index < -0.39 is 0 Å². The number of hydrogen-bond acceptors (Lipinski definition) is 3. The number of ether oxygens (including phenoxy) is 2. The van der Waals surface area contributed by atoms with Gasteiger partial charge in [0.1, 0.15) is 6.61 Å². The summed E-state index contributed by atoms with van der Waals surface area (Å²) in [5, 5.41) is 8.60. The highest BCUT2D eigenvalue weighted by atomic mass is 16.5. The van der Waals surface area contributed by atoms with Gasteiger partial charge in [0.25, 0.3) is 0 Å². The van der Waals surface area contributed by atoms with Gasteiger partial charge in [0.15, 0.2) is 0 Å². The Bertz CT molecular complexity index is 418. The van der Waals surface area contributed by atoms with Crippen molar-refractivity contribution in [1.29, 1.82) is 0 Å². The van der Waals surface area contributed by atoms with Crippen molar-refractivity contribution >= 4 is 0 Å². The van der Waals surface area contributed by atoms with Gasteiger partial charge in [-0.1, -0.05) is 24.0 Å². The average Bonchev–Trinajstić information content (AvgIpc) is 2.36. The molecule has 0 fully saturated rings. The molecule has 1 N–H and O–H groups in total. The normalized spacial score (nSPS) is 10.9. The van der Waals surface area contributed by atoms with Crippen LogP contribution in [-0.4, -0.2) is 30.5 Å². The summed E-state index contributed by atoms with van der Waals surface area (Å²) in [6.07, 6.45) is 0. The van der Waals surface area contributed by atoms with E-state index in [1.54, 1.807) is 0 Å². The third-order valence-corrected chi connectivity index (χ3v) is 2.30. The largest absolute Gasteiger partial charge is 0.384 e. The molecule has 104 valence electrons. The molecule has 0 aliphatic heterocycles. The lowest BCUT2D eigenvalue weighted by Gasteiger charge is -2.19. The first-order valence-corrected chi connectivity index (χ1v) is 6.41. The first kappa shape index (κ1) is 15.7. The second kappa shape index (κ2) is 7.96. The molecule has 0 amide bonds. The van der Waals surface area contributed by atoms with Crippen molar-refractivity contribution in [2.75, 3.05) is 19.8 Å². The number of hydrogen-bond donors (Lipinski definition) is 1. The second-order valence-corrected chi connectivity index (χ2v) is 5.17. The Morgan fingerprint density at radius 1 is 1.11 bits per heavy atom. The molecule has 0 aromatic heterocycles. The Hall–Kier alpha value is -1.34. The summed E-state index contributed by atoms with van der Waals surface area (Å²) in [7, 11) is 0. The standard InChI is InChI=1S/C16H22O3/c1-16(2,3)19-12-11-18-13-15-8-6-14(7-9-15)5-4-10-17/h6-9,17H,10-13H2,1-3H3. The zero-order chi connectivity index (χ0) is 14.1. The molecule has 0 saturated carbocycles. The monoisotopic (exact) mass is 262 g/mol. The summed E-state index contributed by atoms with van der Waals surface area (Å²) >= 11 is 0. The lowest BCUT2D eigenvalue weighted by atomic mass is 10.1. The molecule has 0 radical (unpaired) electrons. The highest BCUT2D eigenvalue weighted by Crippen LogP contribution is 2.07. The van der Waals surface area contributed by atoms with E-state index in [4.69, 9.17) is 14.6 Å². The topological polar surface area (TPSA) is 38.7 Å². The molecule has 0 unspecified atom stereocenters. The van der Waals surface area contributed by atoms with Crippen LogP contribution in [0.5, 0.6) is 0 Å². The van der Waals surface area contributed by atoms with Crippen LogP contribution in [0.2, 0.25) is 0 Å². The summed E-state index contributed by atoms with van der Waals surface area (Å²) in [4.78, 5) is 0. The van der Waals surface area contributed by atoms with Crippen LogP contribution in [0.4, 0.5) is 0 Å². The molecule has 19 heavy (non-hydrogen) atoms. The van der Waals surface area contributed by atoms with Crippen molar-refractivity contribution in [3.63, 3.8) is 0 Å². The van der Waals surface area contributed by atoms with Crippen molar-refractivity contribution in [2.45, 2.75) is 33.0 Å². The predicted molar refractivity (Wildman–Crippen MR) is 75.8 cm³/mol. The van der Waals surface area contributed by atoms with Crippen LogP contribution in [-0.2, 0) is 16.1 Å². The molecular weight excluding hydrogens is 240 g/mol. The van der Waals surface area contributed by atoms with Gasteiger partial charge in [0.2, 0.25) is 0 Å². The molecule has 0 bridgehead atoms. The van der Waals surface area contributed by atoms with Gasteiger partial charge in [-0.2, -0.15) is 0 Å². The maximum atomic E-state index is 8.60. The Labute approximate surface area is 115 Å². The summed E-state index contributed by atoms with van der Waals surface area (Å²) in [6.45, 7) is 7.73. The minimum atomic E-state index is -0.115. The van der Waals surface area contributed by atoms with E-state index in [1.807, 2.05) is 45.0 Å². The molecule has 3 heteroatoms. The molecule has 0 spiro atoms. The van der Waals surface area contributed by atoms with E-state index in [1.165, 1.54) is 0 Å². The van der Waals surface area contributed by atoms with Crippen LogP contribution in [0.25, 0.3) is 0 Å². The SMILES string of the molecule is CC(C)(C)OCCOCc1ccc(C#CCO)cc1. The number of benzene rings is 1. The zero-order valence-corrected chi connectivity index (χ0v) is 11.9. The van der Waals surface area contributed by atoms with E-state index in [0.717, 1.165) is 11.1 Å². The molecule has 0 atom stereocenters. The van der Waals surface area contributed by atoms with Crippen molar-refractivity contribution < 1.29 is 14.6 Å². The van der Waals surface area contributed by atoms with Crippen molar-refractivity contribution in [2.24, 2.45) is 0 Å². The number of aliphatic hydroxyl groups is 1. The lowest BCUT2D eigenvalue weighted by Crippen LogP contribution is -2.21. The Morgan fingerprint density at radius 3 is 2.37 bits per heavy atom. The molecule has 0 aliphatic rings. The molecule has 1 aromatic rings.